The Balaban J connectivity index is 1.93. The van der Waals surface area contributed by atoms with Gasteiger partial charge in [0.25, 0.3) is 0 Å². The molecule has 0 unspecified atom stereocenters. The number of carbonyl (C=O) groups is 1. The highest BCUT2D eigenvalue weighted by Gasteiger charge is 2.04. The third-order valence-electron chi connectivity index (χ3n) is 3.17. The van der Waals surface area contributed by atoms with E-state index in [-0.39, 0.29) is 0 Å². The SMILES string of the molecule is O=Cc1ccccc1-c1cccc(N=Nc2cccnc2)c1. The number of aldehydes is 1. The third kappa shape index (κ3) is 3.12. The summed E-state index contributed by atoms with van der Waals surface area (Å²) in [5, 5.41) is 8.36. The molecule has 3 rings (SSSR count). The van der Waals surface area contributed by atoms with Gasteiger partial charge in [0, 0.05) is 11.8 Å². The largest absolute Gasteiger partial charge is 0.298 e. The fraction of sp³-hybridized carbons (Fsp3) is 0. The summed E-state index contributed by atoms with van der Waals surface area (Å²) in [5.41, 5.74) is 3.90. The first kappa shape index (κ1) is 13.8. The van der Waals surface area contributed by atoms with Crippen LogP contribution in [0.5, 0.6) is 0 Å². The van der Waals surface area contributed by atoms with Gasteiger partial charge in [0.2, 0.25) is 0 Å². The van der Waals surface area contributed by atoms with Gasteiger partial charge in [-0.15, -0.1) is 5.11 Å². The molecule has 0 spiro atoms. The molecule has 22 heavy (non-hydrogen) atoms. The van der Waals surface area contributed by atoms with Crippen molar-refractivity contribution in [3.8, 4) is 11.1 Å². The van der Waals surface area contributed by atoms with Crippen LogP contribution in [0.1, 0.15) is 10.4 Å². The summed E-state index contributed by atoms with van der Waals surface area (Å²) in [6.07, 6.45) is 4.20. The molecule has 4 heteroatoms. The summed E-state index contributed by atoms with van der Waals surface area (Å²) in [7, 11) is 0. The molecule has 0 aliphatic rings. The second-order valence-corrected chi connectivity index (χ2v) is 4.67. The van der Waals surface area contributed by atoms with E-state index in [0.29, 0.717) is 11.3 Å². The first-order chi connectivity index (χ1) is 10.9. The maximum Gasteiger partial charge on any atom is 0.150 e. The summed E-state index contributed by atoms with van der Waals surface area (Å²) < 4.78 is 0. The van der Waals surface area contributed by atoms with Gasteiger partial charge in [-0.3, -0.25) is 9.78 Å². The quantitative estimate of drug-likeness (QED) is 0.502. The number of carbonyl (C=O) groups excluding carboxylic acids is 1. The Hall–Kier alpha value is -3.14. The molecule has 1 aromatic heterocycles. The van der Waals surface area contributed by atoms with Gasteiger partial charge in [-0.1, -0.05) is 36.4 Å². The van der Waals surface area contributed by atoms with Gasteiger partial charge in [-0.05, 0) is 35.4 Å². The highest BCUT2D eigenvalue weighted by atomic mass is 16.1. The molecular formula is C18H13N3O. The lowest BCUT2D eigenvalue weighted by Gasteiger charge is -2.05. The van der Waals surface area contributed by atoms with E-state index < -0.39 is 0 Å². The van der Waals surface area contributed by atoms with Gasteiger partial charge < -0.3 is 0 Å². The minimum absolute atomic E-state index is 0.656. The average Bonchev–Trinajstić information content (AvgIpc) is 2.61. The Kier molecular flexibility index (Phi) is 4.11. The highest BCUT2D eigenvalue weighted by Crippen LogP contribution is 2.27. The number of azo groups is 1. The zero-order chi connectivity index (χ0) is 15.2. The van der Waals surface area contributed by atoms with Crippen molar-refractivity contribution in [1.29, 1.82) is 0 Å². The van der Waals surface area contributed by atoms with Crippen LogP contribution in [-0.2, 0) is 0 Å². The van der Waals surface area contributed by atoms with Gasteiger partial charge in [0.05, 0.1) is 11.9 Å². The highest BCUT2D eigenvalue weighted by molar-refractivity contribution is 5.87. The van der Waals surface area contributed by atoms with Crippen LogP contribution in [-0.4, -0.2) is 11.3 Å². The summed E-state index contributed by atoms with van der Waals surface area (Å²) in [4.78, 5) is 15.1. The van der Waals surface area contributed by atoms with Gasteiger partial charge in [0.1, 0.15) is 5.69 Å². The van der Waals surface area contributed by atoms with Crippen molar-refractivity contribution in [3.63, 3.8) is 0 Å². The molecule has 0 bridgehead atoms. The molecule has 4 nitrogen and oxygen atoms in total. The summed E-state index contributed by atoms with van der Waals surface area (Å²) >= 11 is 0. The van der Waals surface area contributed by atoms with Gasteiger partial charge in [-0.2, -0.15) is 5.11 Å². The molecule has 0 radical (unpaired) electrons. The van der Waals surface area contributed by atoms with E-state index in [9.17, 15) is 4.79 Å². The Labute approximate surface area is 128 Å². The normalized spacial score (nSPS) is 10.7. The predicted molar refractivity (Wildman–Crippen MR) is 85.7 cm³/mol. The number of benzene rings is 2. The standard InChI is InChI=1S/C18H13N3O/c22-13-15-5-1-2-9-18(15)14-6-3-7-16(11-14)20-21-17-8-4-10-19-12-17/h1-13H. The third-order valence-corrected chi connectivity index (χ3v) is 3.17. The molecular weight excluding hydrogens is 274 g/mol. The van der Waals surface area contributed by atoms with Crippen LogP contribution in [0.2, 0.25) is 0 Å². The number of hydrogen-bond donors (Lipinski definition) is 0. The first-order valence-electron chi connectivity index (χ1n) is 6.83. The molecule has 0 aliphatic heterocycles. The maximum atomic E-state index is 11.1. The number of pyridine rings is 1. The molecule has 2 aromatic carbocycles. The molecule has 0 N–H and O–H groups in total. The Bertz CT molecular complexity index is 813. The number of aromatic nitrogens is 1. The van der Waals surface area contributed by atoms with E-state index in [0.717, 1.165) is 23.1 Å². The second-order valence-electron chi connectivity index (χ2n) is 4.67. The van der Waals surface area contributed by atoms with Gasteiger partial charge in [0.15, 0.2) is 6.29 Å². The molecule has 1 heterocycles. The number of nitrogens with zero attached hydrogens (tertiary/aromatic N) is 3. The van der Waals surface area contributed by atoms with Crippen LogP contribution in [0.15, 0.2) is 83.3 Å². The molecule has 0 fully saturated rings. The Morgan fingerprint density at radius 2 is 1.68 bits per heavy atom. The van der Waals surface area contributed by atoms with Gasteiger partial charge >= 0.3 is 0 Å². The summed E-state index contributed by atoms with van der Waals surface area (Å²) in [5.74, 6) is 0. The van der Waals surface area contributed by atoms with Crippen molar-refractivity contribution in [2.45, 2.75) is 0 Å². The van der Waals surface area contributed by atoms with Gasteiger partial charge in [-0.25, -0.2) is 0 Å². The van der Waals surface area contributed by atoms with E-state index in [1.807, 2.05) is 54.6 Å². The second kappa shape index (κ2) is 6.54. The van der Waals surface area contributed by atoms with Crippen LogP contribution in [0.25, 0.3) is 11.1 Å². The van der Waals surface area contributed by atoms with E-state index in [2.05, 4.69) is 15.2 Å². The summed E-state index contributed by atoms with van der Waals surface area (Å²) in [6, 6.07) is 18.7. The molecule has 3 aromatic rings. The van der Waals surface area contributed by atoms with E-state index in [4.69, 9.17) is 0 Å². The molecule has 0 saturated heterocycles. The van der Waals surface area contributed by atoms with Crippen LogP contribution < -0.4 is 0 Å². The van der Waals surface area contributed by atoms with Crippen molar-refractivity contribution in [2.24, 2.45) is 10.2 Å². The van der Waals surface area contributed by atoms with Crippen molar-refractivity contribution in [2.75, 3.05) is 0 Å². The fourth-order valence-electron chi connectivity index (χ4n) is 2.13. The van der Waals surface area contributed by atoms with E-state index in [1.165, 1.54) is 0 Å². The molecule has 106 valence electrons. The zero-order valence-corrected chi connectivity index (χ0v) is 11.8. The van der Waals surface area contributed by atoms with Crippen LogP contribution in [0, 0.1) is 0 Å². The zero-order valence-electron chi connectivity index (χ0n) is 11.8. The monoisotopic (exact) mass is 287 g/mol. The van der Waals surface area contributed by atoms with Crippen molar-refractivity contribution in [1.82, 2.24) is 4.98 Å². The smallest absolute Gasteiger partial charge is 0.150 e. The lowest BCUT2D eigenvalue weighted by atomic mass is 10.0. The lowest BCUT2D eigenvalue weighted by molar-refractivity contribution is 0.112. The Morgan fingerprint density at radius 3 is 2.50 bits per heavy atom. The molecule has 0 amide bonds. The maximum absolute atomic E-state index is 11.1. The topological polar surface area (TPSA) is 54.7 Å². The van der Waals surface area contributed by atoms with Crippen LogP contribution in [0.3, 0.4) is 0 Å². The number of hydrogen-bond acceptors (Lipinski definition) is 4. The van der Waals surface area contributed by atoms with Crippen LogP contribution in [0.4, 0.5) is 11.4 Å². The van der Waals surface area contributed by atoms with Crippen molar-refractivity contribution >= 4 is 17.7 Å². The van der Waals surface area contributed by atoms with Crippen molar-refractivity contribution < 1.29 is 4.79 Å². The van der Waals surface area contributed by atoms with Crippen LogP contribution >= 0.6 is 0 Å². The minimum atomic E-state index is 0.656. The lowest BCUT2D eigenvalue weighted by Crippen LogP contribution is -1.86. The van der Waals surface area contributed by atoms with E-state index >= 15 is 0 Å². The number of rotatable bonds is 4. The molecule has 0 saturated carbocycles. The predicted octanol–water partition coefficient (Wildman–Crippen LogP) is 4.98. The molecule has 0 atom stereocenters. The fourth-order valence-corrected chi connectivity index (χ4v) is 2.13. The average molecular weight is 287 g/mol. The minimum Gasteiger partial charge on any atom is -0.298 e. The van der Waals surface area contributed by atoms with Crippen molar-refractivity contribution in [3.05, 3.63) is 78.6 Å². The first-order valence-corrected chi connectivity index (χ1v) is 6.83. The Morgan fingerprint density at radius 1 is 0.864 bits per heavy atom. The van der Waals surface area contributed by atoms with E-state index in [1.54, 1.807) is 18.5 Å². The molecule has 0 aliphatic carbocycles. The summed E-state index contributed by atoms with van der Waals surface area (Å²) in [6.45, 7) is 0.